The molecule has 0 atom stereocenters. The highest BCUT2D eigenvalue weighted by atomic mass is 35.5. The fraction of sp³-hybridized carbons (Fsp3) is 0.200. The van der Waals surface area contributed by atoms with Crippen molar-refractivity contribution in [1.82, 2.24) is 4.98 Å². The topological polar surface area (TPSA) is 57.7 Å². The van der Waals surface area contributed by atoms with Gasteiger partial charge < -0.3 is 14.2 Å². The van der Waals surface area contributed by atoms with Crippen LogP contribution in [0.2, 0.25) is 5.02 Å². The molecule has 0 N–H and O–H groups in total. The average Bonchev–Trinajstić information content (AvgIpc) is 3.16. The fourth-order valence-corrected chi connectivity index (χ4v) is 3.32. The van der Waals surface area contributed by atoms with Crippen molar-refractivity contribution < 1.29 is 19.0 Å². The van der Waals surface area contributed by atoms with E-state index in [0.29, 0.717) is 16.5 Å². The van der Waals surface area contributed by atoms with Gasteiger partial charge in [0.2, 0.25) is 0 Å². The highest BCUT2D eigenvalue weighted by molar-refractivity contribution is 7.13. The summed E-state index contributed by atoms with van der Waals surface area (Å²) in [5.41, 5.74) is 2.47. The number of aromatic nitrogens is 1. The molecule has 0 aliphatic rings. The third kappa shape index (κ3) is 4.99. The summed E-state index contributed by atoms with van der Waals surface area (Å²) in [5, 5.41) is 3.32. The quantitative estimate of drug-likeness (QED) is 0.525. The van der Waals surface area contributed by atoms with Gasteiger partial charge in [-0.1, -0.05) is 23.7 Å². The number of carbonyl (C=O) groups is 1. The molecule has 1 heterocycles. The fourth-order valence-electron chi connectivity index (χ4n) is 2.36. The number of hydrogen-bond acceptors (Lipinski definition) is 6. The van der Waals surface area contributed by atoms with Crippen molar-refractivity contribution in [3.05, 3.63) is 64.1 Å². The van der Waals surface area contributed by atoms with Crippen molar-refractivity contribution in [2.24, 2.45) is 0 Å². The molecular formula is C20H18ClNO4S. The molecule has 0 bridgehead atoms. The maximum atomic E-state index is 11.9. The molecule has 0 fully saturated rings. The first-order valence-electron chi connectivity index (χ1n) is 8.19. The molecular weight excluding hydrogens is 386 g/mol. The van der Waals surface area contributed by atoms with Crippen LogP contribution in [0.3, 0.4) is 0 Å². The molecule has 0 unspecified atom stereocenters. The lowest BCUT2D eigenvalue weighted by Crippen LogP contribution is -2.14. The molecule has 0 aliphatic heterocycles. The minimum atomic E-state index is -0.463. The van der Waals surface area contributed by atoms with Gasteiger partial charge in [0.25, 0.3) is 0 Å². The van der Waals surface area contributed by atoms with Gasteiger partial charge in [0.1, 0.15) is 23.1 Å². The smallest absolute Gasteiger partial charge is 0.344 e. The Morgan fingerprint density at radius 1 is 1.22 bits per heavy atom. The van der Waals surface area contributed by atoms with Crippen molar-refractivity contribution in [2.75, 3.05) is 13.7 Å². The molecule has 5 nitrogen and oxygen atoms in total. The summed E-state index contributed by atoms with van der Waals surface area (Å²) in [7, 11) is 1.62. The van der Waals surface area contributed by atoms with E-state index in [4.69, 9.17) is 25.8 Å². The van der Waals surface area contributed by atoms with Crippen LogP contribution in [0, 0.1) is 6.92 Å². The van der Waals surface area contributed by atoms with E-state index in [1.165, 1.54) is 11.3 Å². The Balaban J connectivity index is 1.53. The van der Waals surface area contributed by atoms with Gasteiger partial charge in [0.15, 0.2) is 6.61 Å². The second kappa shape index (κ2) is 8.88. The van der Waals surface area contributed by atoms with E-state index in [9.17, 15) is 4.79 Å². The van der Waals surface area contributed by atoms with Crippen LogP contribution in [0.4, 0.5) is 0 Å². The third-order valence-electron chi connectivity index (χ3n) is 3.76. The first-order valence-corrected chi connectivity index (χ1v) is 9.45. The van der Waals surface area contributed by atoms with E-state index in [0.717, 1.165) is 21.9 Å². The molecule has 0 saturated heterocycles. The van der Waals surface area contributed by atoms with Crippen LogP contribution in [-0.4, -0.2) is 24.7 Å². The molecule has 0 aliphatic carbocycles. The molecule has 0 radical (unpaired) electrons. The zero-order chi connectivity index (χ0) is 19.2. The van der Waals surface area contributed by atoms with Crippen molar-refractivity contribution >= 4 is 28.9 Å². The number of hydrogen-bond donors (Lipinski definition) is 0. The normalized spacial score (nSPS) is 10.5. The Labute approximate surface area is 166 Å². The highest BCUT2D eigenvalue weighted by Crippen LogP contribution is 2.32. The third-order valence-corrected chi connectivity index (χ3v) is 5.10. The molecule has 0 amide bonds. The highest BCUT2D eigenvalue weighted by Gasteiger charge is 2.11. The molecule has 0 spiro atoms. The van der Waals surface area contributed by atoms with Crippen LogP contribution < -0.4 is 9.47 Å². The first-order chi connectivity index (χ1) is 13.1. The molecule has 2 aromatic carbocycles. The molecule has 0 saturated carbocycles. The number of benzene rings is 2. The first kappa shape index (κ1) is 19.2. The number of esters is 1. The van der Waals surface area contributed by atoms with Crippen LogP contribution in [0.15, 0.2) is 47.8 Å². The Bertz CT molecular complexity index is 941. The van der Waals surface area contributed by atoms with Gasteiger partial charge in [0.05, 0.1) is 18.4 Å². The molecule has 3 rings (SSSR count). The zero-order valence-electron chi connectivity index (χ0n) is 14.9. The summed E-state index contributed by atoms with van der Waals surface area (Å²) in [5.74, 6) is 0.859. The lowest BCUT2D eigenvalue weighted by molar-refractivity contribution is -0.147. The maximum Gasteiger partial charge on any atom is 0.344 e. The van der Waals surface area contributed by atoms with Crippen molar-refractivity contribution in [1.29, 1.82) is 0 Å². The molecule has 27 heavy (non-hydrogen) atoms. The number of thiazole rings is 1. The van der Waals surface area contributed by atoms with E-state index >= 15 is 0 Å². The average molecular weight is 404 g/mol. The SMILES string of the molecule is COc1ccccc1-c1nc(COC(=O)COc2ccc(Cl)c(C)c2)cs1. The number of nitrogens with zero attached hydrogens (tertiary/aromatic N) is 1. The Hall–Kier alpha value is -2.57. The lowest BCUT2D eigenvalue weighted by Gasteiger charge is -2.07. The van der Waals surface area contributed by atoms with Gasteiger partial charge in [-0.25, -0.2) is 9.78 Å². The lowest BCUT2D eigenvalue weighted by atomic mass is 10.2. The summed E-state index contributed by atoms with van der Waals surface area (Å²) in [6.07, 6.45) is 0. The minimum Gasteiger partial charge on any atom is -0.496 e. The minimum absolute atomic E-state index is 0.0908. The largest absolute Gasteiger partial charge is 0.496 e. The van der Waals surface area contributed by atoms with E-state index in [1.807, 2.05) is 36.6 Å². The van der Waals surface area contributed by atoms with E-state index in [-0.39, 0.29) is 13.2 Å². The predicted octanol–water partition coefficient (Wildman–Crippen LogP) is 4.90. The number of rotatable bonds is 7. The molecule has 7 heteroatoms. The van der Waals surface area contributed by atoms with Crippen LogP contribution in [0.5, 0.6) is 11.5 Å². The summed E-state index contributed by atoms with van der Waals surface area (Å²) < 4.78 is 16.0. The van der Waals surface area contributed by atoms with Crippen LogP contribution in [0.25, 0.3) is 10.6 Å². The van der Waals surface area contributed by atoms with E-state index in [2.05, 4.69) is 4.98 Å². The van der Waals surface area contributed by atoms with Gasteiger partial charge in [0, 0.05) is 10.4 Å². The van der Waals surface area contributed by atoms with E-state index in [1.54, 1.807) is 25.3 Å². The number of ether oxygens (including phenoxy) is 3. The Morgan fingerprint density at radius 3 is 2.81 bits per heavy atom. The predicted molar refractivity (Wildman–Crippen MR) is 106 cm³/mol. The van der Waals surface area contributed by atoms with Gasteiger partial charge in [-0.2, -0.15) is 0 Å². The number of halogens is 1. The van der Waals surface area contributed by atoms with Gasteiger partial charge in [-0.05, 0) is 42.8 Å². The van der Waals surface area contributed by atoms with Gasteiger partial charge >= 0.3 is 5.97 Å². The van der Waals surface area contributed by atoms with Crippen LogP contribution in [0.1, 0.15) is 11.3 Å². The van der Waals surface area contributed by atoms with E-state index < -0.39 is 5.97 Å². The molecule has 1 aromatic heterocycles. The Morgan fingerprint density at radius 2 is 2.04 bits per heavy atom. The summed E-state index contributed by atoms with van der Waals surface area (Å²) in [6, 6.07) is 12.9. The second-order valence-corrected chi connectivity index (χ2v) is 6.97. The van der Waals surface area contributed by atoms with Gasteiger partial charge in [-0.15, -0.1) is 11.3 Å². The number of carbonyl (C=O) groups excluding carboxylic acids is 1. The second-order valence-electron chi connectivity index (χ2n) is 5.70. The summed E-state index contributed by atoms with van der Waals surface area (Å²) in [6.45, 7) is 1.78. The monoisotopic (exact) mass is 403 g/mol. The van der Waals surface area contributed by atoms with Crippen molar-refractivity contribution in [3.63, 3.8) is 0 Å². The Kier molecular flexibility index (Phi) is 6.32. The van der Waals surface area contributed by atoms with Crippen molar-refractivity contribution in [2.45, 2.75) is 13.5 Å². The summed E-state index contributed by atoms with van der Waals surface area (Å²) in [4.78, 5) is 16.4. The molecule has 3 aromatic rings. The standard InChI is InChI=1S/C20H18ClNO4S/c1-13-9-15(7-8-17(13)21)25-11-19(23)26-10-14-12-27-20(22-14)16-5-3-4-6-18(16)24-2/h3-9,12H,10-11H2,1-2H3. The van der Waals surface area contributed by atoms with Gasteiger partial charge in [-0.3, -0.25) is 0 Å². The summed E-state index contributed by atoms with van der Waals surface area (Å²) >= 11 is 7.44. The number of aryl methyl sites for hydroxylation is 1. The van der Waals surface area contributed by atoms with Crippen molar-refractivity contribution in [3.8, 4) is 22.1 Å². The number of methoxy groups -OCH3 is 1. The maximum absolute atomic E-state index is 11.9. The molecule has 140 valence electrons. The van der Waals surface area contributed by atoms with Crippen LogP contribution >= 0.6 is 22.9 Å². The van der Waals surface area contributed by atoms with Crippen LogP contribution in [-0.2, 0) is 16.1 Å². The number of para-hydroxylation sites is 1. The zero-order valence-corrected chi connectivity index (χ0v) is 16.5.